The Kier molecular flexibility index (Phi) is 12.6. The average molecular weight is 468 g/mol. The molecule has 10 N–H and O–H groups in total. The van der Waals surface area contributed by atoms with Crippen molar-refractivity contribution in [2.45, 2.75) is 49.9 Å². The second-order valence-corrected chi connectivity index (χ2v) is 7.47. The number of hydrogen-bond donors (Lipinski definition) is 8. The van der Waals surface area contributed by atoms with E-state index in [-0.39, 0.29) is 12.8 Å². The third-order valence-corrected chi connectivity index (χ3v) is 4.83. The number of hydrogen-bond acceptors (Lipinski definition) is 8. The fraction of sp³-hybridized carbons (Fsp3) is 0.524. The largest absolute Gasteiger partial charge is 0.480 e. The predicted octanol–water partition coefficient (Wildman–Crippen LogP) is -2.79. The summed E-state index contributed by atoms with van der Waals surface area (Å²) in [6, 6.07) is 3.64. The SMILES string of the molecule is NCCCCC(NC(=O)C(Cc1ccccc1)NC(=O)C(CO)NC(=O)C(N)CO)C(=O)O. The van der Waals surface area contributed by atoms with Crippen molar-refractivity contribution >= 4 is 23.7 Å². The molecule has 0 radical (unpaired) electrons. The van der Waals surface area contributed by atoms with Gasteiger partial charge in [-0.1, -0.05) is 30.3 Å². The van der Waals surface area contributed by atoms with Crippen LogP contribution >= 0.6 is 0 Å². The van der Waals surface area contributed by atoms with E-state index in [0.717, 1.165) is 0 Å². The third kappa shape index (κ3) is 9.95. The molecule has 1 rings (SSSR count). The smallest absolute Gasteiger partial charge is 0.326 e. The molecule has 184 valence electrons. The minimum atomic E-state index is -1.43. The van der Waals surface area contributed by atoms with Crippen LogP contribution in [-0.2, 0) is 25.6 Å². The number of aliphatic hydroxyl groups excluding tert-OH is 2. The Morgan fingerprint density at radius 3 is 1.94 bits per heavy atom. The maximum absolute atomic E-state index is 12.9. The van der Waals surface area contributed by atoms with E-state index >= 15 is 0 Å². The molecule has 3 amide bonds. The van der Waals surface area contributed by atoms with Gasteiger partial charge in [-0.15, -0.1) is 0 Å². The lowest BCUT2D eigenvalue weighted by Gasteiger charge is -2.24. The van der Waals surface area contributed by atoms with E-state index in [1.54, 1.807) is 30.3 Å². The molecule has 0 saturated heterocycles. The fourth-order valence-corrected chi connectivity index (χ4v) is 2.91. The van der Waals surface area contributed by atoms with Gasteiger partial charge in [0.2, 0.25) is 17.7 Å². The lowest BCUT2D eigenvalue weighted by Crippen LogP contribution is -2.58. The van der Waals surface area contributed by atoms with Crippen LogP contribution in [0.3, 0.4) is 0 Å². The Labute approximate surface area is 191 Å². The van der Waals surface area contributed by atoms with Crippen LogP contribution in [0.4, 0.5) is 0 Å². The molecule has 0 aromatic heterocycles. The minimum absolute atomic E-state index is 0.0375. The molecule has 0 fully saturated rings. The van der Waals surface area contributed by atoms with E-state index in [1.165, 1.54) is 0 Å². The Morgan fingerprint density at radius 1 is 0.818 bits per heavy atom. The molecule has 12 nitrogen and oxygen atoms in total. The topological polar surface area (TPSA) is 217 Å². The molecule has 33 heavy (non-hydrogen) atoms. The van der Waals surface area contributed by atoms with Crippen molar-refractivity contribution in [1.82, 2.24) is 16.0 Å². The van der Waals surface area contributed by atoms with Crippen LogP contribution in [-0.4, -0.2) is 82.9 Å². The number of carbonyl (C=O) groups excluding carboxylic acids is 3. The molecule has 0 aliphatic carbocycles. The van der Waals surface area contributed by atoms with Crippen LogP contribution in [0.2, 0.25) is 0 Å². The van der Waals surface area contributed by atoms with Gasteiger partial charge in [0.25, 0.3) is 0 Å². The number of carboxylic acids is 1. The number of carbonyl (C=O) groups is 4. The van der Waals surface area contributed by atoms with Gasteiger partial charge in [-0.25, -0.2) is 4.79 Å². The van der Waals surface area contributed by atoms with E-state index in [1.807, 2.05) is 0 Å². The number of aliphatic hydroxyl groups is 2. The molecule has 4 unspecified atom stereocenters. The van der Waals surface area contributed by atoms with Gasteiger partial charge in [-0.3, -0.25) is 14.4 Å². The third-order valence-electron chi connectivity index (χ3n) is 4.83. The highest BCUT2D eigenvalue weighted by Gasteiger charge is 2.30. The number of nitrogens with one attached hydrogen (secondary N) is 3. The lowest BCUT2D eigenvalue weighted by atomic mass is 10.0. The molecule has 0 aliphatic rings. The van der Waals surface area contributed by atoms with Crippen molar-refractivity contribution in [1.29, 1.82) is 0 Å². The van der Waals surface area contributed by atoms with Gasteiger partial charge in [-0.05, 0) is 31.4 Å². The first-order valence-electron chi connectivity index (χ1n) is 10.6. The summed E-state index contributed by atoms with van der Waals surface area (Å²) in [6.07, 6.45) is 1.29. The van der Waals surface area contributed by atoms with E-state index in [9.17, 15) is 29.4 Å². The molecule has 0 heterocycles. The van der Waals surface area contributed by atoms with Crippen molar-refractivity contribution in [3.05, 3.63) is 35.9 Å². The number of aliphatic carboxylic acids is 1. The van der Waals surface area contributed by atoms with Crippen LogP contribution in [0.1, 0.15) is 24.8 Å². The first-order chi connectivity index (χ1) is 15.7. The van der Waals surface area contributed by atoms with Gasteiger partial charge in [0.1, 0.15) is 24.2 Å². The summed E-state index contributed by atoms with van der Waals surface area (Å²) >= 11 is 0. The minimum Gasteiger partial charge on any atom is -0.480 e. The zero-order chi connectivity index (χ0) is 24.8. The summed E-state index contributed by atoms with van der Waals surface area (Å²) < 4.78 is 0. The van der Waals surface area contributed by atoms with Crippen molar-refractivity contribution in [3.63, 3.8) is 0 Å². The molecule has 4 atom stereocenters. The lowest BCUT2D eigenvalue weighted by molar-refractivity contribution is -0.142. The summed E-state index contributed by atoms with van der Waals surface area (Å²) in [6.45, 7) is -1.06. The van der Waals surface area contributed by atoms with Crippen molar-refractivity contribution < 1.29 is 34.5 Å². The van der Waals surface area contributed by atoms with Crippen LogP contribution in [0.15, 0.2) is 30.3 Å². The number of unbranched alkanes of at least 4 members (excludes halogenated alkanes) is 1. The Bertz CT molecular complexity index is 778. The highest BCUT2D eigenvalue weighted by Crippen LogP contribution is 2.07. The molecule has 0 aliphatic heterocycles. The summed E-state index contributed by atoms with van der Waals surface area (Å²) in [4.78, 5) is 49.0. The van der Waals surface area contributed by atoms with Crippen LogP contribution in [0, 0.1) is 0 Å². The van der Waals surface area contributed by atoms with E-state index < -0.39 is 61.1 Å². The maximum Gasteiger partial charge on any atom is 0.326 e. The van der Waals surface area contributed by atoms with Gasteiger partial charge < -0.3 is 42.7 Å². The number of carboxylic acid groups (broad SMARTS) is 1. The van der Waals surface area contributed by atoms with E-state index in [2.05, 4.69) is 16.0 Å². The molecule has 12 heteroatoms. The van der Waals surface area contributed by atoms with Crippen LogP contribution in [0.25, 0.3) is 0 Å². The molecule has 1 aromatic carbocycles. The van der Waals surface area contributed by atoms with Crippen LogP contribution in [0.5, 0.6) is 0 Å². The monoisotopic (exact) mass is 467 g/mol. The second-order valence-electron chi connectivity index (χ2n) is 7.47. The quantitative estimate of drug-likeness (QED) is 0.125. The second kappa shape index (κ2) is 14.9. The van der Waals surface area contributed by atoms with Gasteiger partial charge >= 0.3 is 5.97 Å². The number of nitrogens with two attached hydrogens (primary N) is 2. The van der Waals surface area contributed by atoms with Crippen LogP contribution < -0.4 is 27.4 Å². The molecule has 0 spiro atoms. The molecule has 0 saturated carbocycles. The Morgan fingerprint density at radius 2 is 1.39 bits per heavy atom. The summed E-state index contributed by atoms with van der Waals surface area (Å²) in [5.41, 5.74) is 11.5. The number of rotatable bonds is 15. The van der Waals surface area contributed by atoms with E-state index in [0.29, 0.717) is 24.9 Å². The fourth-order valence-electron chi connectivity index (χ4n) is 2.91. The zero-order valence-corrected chi connectivity index (χ0v) is 18.3. The van der Waals surface area contributed by atoms with E-state index in [4.69, 9.17) is 16.6 Å². The molecule has 0 bridgehead atoms. The highest BCUT2D eigenvalue weighted by atomic mass is 16.4. The number of benzene rings is 1. The first kappa shape index (κ1) is 28.0. The first-order valence-corrected chi connectivity index (χ1v) is 10.6. The van der Waals surface area contributed by atoms with Gasteiger partial charge in [0.15, 0.2) is 0 Å². The average Bonchev–Trinajstić information content (AvgIpc) is 2.81. The summed E-state index contributed by atoms with van der Waals surface area (Å²) in [5.74, 6) is -3.69. The maximum atomic E-state index is 12.9. The highest BCUT2D eigenvalue weighted by molar-refractivity contribution is 5.94. The normalized spacial score (nSPS) is 14.4. The van der Waals surface area contributed by atoms with Gasteiger partial charge in [0, 0.05) is 6.42 Å². The standard InChI is InChI=1S/C21H33N5O7/c22-9-5-4-8-15(21(32)33)24-19(30)16(10-13-6-2-1-3-7-13)25-20(31)17(12-28)26-18(29)14(23)11-27/h1-3,6-7,14-17,27-28H,4-5,8-12,22-23H2,(H,24,30)(H,25,31)(H,26,29)(H,32,33). The Hall–Kier alpha value is -3.06. The molecular weight excluding hydrogens is 434 g/mol. The summed E-state index contributed by atoms with van der Waals surface area (Å²) in [7, 11) is 0. The predicted molar refractivity (Wildman–Crippen MR) is 119 cm³/mol. The molecular formula is C21H33N5O7. The van der Waals surface area contributed by atoms with Crippen molar-refractivity contribution in [2.24, 2.45) is 11.5 Å². The zero-order valence-electron chi connectivity index (χ0n) is 18.3. The van der Waals surface area contributed by atoms with Crippen molar-refractivity contribution in [3.8, 4) is 0 Å². The molecule has 1 aromatic rings. The van der Waals surface area contributed by atoms with Gasteiger partial charge in [-0.2, -0.15) is 0 Å². The Balaban J connectivity index is 2.98. The number of amides is 3. The van der Waals surface area contributed by atoms with Gasteiger partial charge in [0.05, 0.1) is 13.2 Å². The van der Waals surface area contributed by atoms with Crippen molar-refractivity contribution in [2.75, 3.05) is 19.8 Å². The summed E-state index contributed by atoms with van der Waals surface area (Å²) in [5, 5.41) is 35.0.